The molecule has 5 rings (SSSR count). The summed E-state index contributed by atoms with van der Waals surface area (Å²) in [4.78, 5) is 26.5. The second-order valence-corrected chi connectivity index (χ2v) is 9.26. The predicted molar refractivity (Wildman–Crippen MR) is 126 cm³/mol. The average Bonchev–Trinajstić information content (AvgIpc) is 3.25. The Morgan fingerprint density at radius 3 is 2.70 bits per heavy atom. The van der Waals surface area contributed by atoms with Crippen molar-refractivity contribution in [1.82, 2.24) is 5.32 Å². The number of carbonyl (C=O) groups is 2. The van der Waals surface area contributed by atoms with E-state index >= 15 is 0 Å². The fourth-order valence-electron chi connectivity index (χ4n) is 4.78. The van der Waals surface area contributed by atoms with Gasteiger partial charge in [-0.25, -0.2) is 0 Å². The normalized spacial score (nSPS) is 21.5. The molecule has 2 aliphatic heterocycles. The maximum atomic E-state index is 13.4. The molecule has 0 saturated heterocycles. The lowest BCUT2D eigenvalue weighted by molar-refractivity contribution is -0.147. The summed E-state index contributed by atoms with van der Waals surface area (Å²) in [5, 5.41) is 3.25. The molecule has 7 heteroatoms. The number of esters is 1. The highest BCUT2D eigenvalue weighted by Gasteiger charge is 2.45. The Balaban J connectivity index is 1.49. The SMILES string of the molecule is C=C1NC2=C(C(=O)CCC2)C(c2cc3c(cc2Br)OCO3)C1C(=O)OCCc1ccccc1. The lowest BCUT2D eigenvalue weighted by atomic mass is 9.71. The first-order valence-electron chi connectivity index (χ1n) is 11.0. The Morgan fingerprint density at radius 1 is 1.15 bits per heavy atom. The number of fused-ring (bicyclic) bond motifs is 1. The molecule has 1 N–H and O–H groups in total. The quantitative estimate of drug-likeness (QED) is 0.584. The van der Waals surface area contributed by atoms with Crippen molar-refractivity contribution < 1.29 is 23.8 Å². The average molecular weight is 510 g/mol. The molecule has 0 fully saturated rings. The van der Waals surface area contributed by atoms with E-state index in [1.807, 2.05) is 42.5 Å². The first-order valence-corrected chi connectivity index (χ1v) is 11.8. The molecule has 0 aromatic heterocycles. The van der Waals surface area contributed by atoms with E-state index in [0.29, 0.717) is 35.6 Å². The summed E-state index contributed by atoms with van der Waals surface area (Å²) in [5.41, 5.74) is 3.91. The molecule has 3 aliphatic rings. The fraction of sp³-hybridized carbons (Fsp3) is 0.308. The van der Waals surface area contributed by atoms with Crippen LogP contribution in [0.4, 0.5) is 0 Å². The van der Waals surface area contributed by atoms with E-state index in [1.54, 1.807) is 0 Å². The summed E-state index contributed by atoms with van der Waals surface area (Å²) in [6.07, 6.45) is 2.60. The molecule has 0 bridgehead atoms. The van der Waals surface area contributed by atoms with Gasteiger partial charge in [-0.1, -0.05) is 52.8 Å². The van der Waals surface area contributed by atoms with Gasteiger partial charge in [0.25, 0.3) is 0 Å². The van der Waals surface area contributed by atoms with Crippen LogP contribution in [0.3, 0.4) is 0 Å². The number of carbonyl (C=O) groups excluding carboxylic acids is 2. The monoisotopic (exact) mass is 509 g/mol. The summed E-state index contributed by atoms with van der Waals surface area (Å²) >= 11 is 3.63. The summed E-state index contributed by atoms with van der Waals surface area (Å²) < 4.78 is 17.5. The van der Waals surface area contributed by atoms with Crippen molar-refractivity contribution in [2.45, 2.75) is 31.6 Å². The van der Waals surface area contributed by atoms with E-state index < -0.39 is 17.8 Å². The molecular weight excluding hydrogens is 486 g/mol. The molecule has 170 valence electrons. The predicted octanol–water partition coefficient (Wildman–Crippen LogP) is 4.79. The van der Waals surface area contributed by atoms with E-state index in [0.717, 1.165) is 34.1 Å². The van der Waals surface area contributed by atoms with Crippen LogP contribution >= 0.6 is 15.9 Å². The van der Waals surface area contributed by atoms with Gasteiger partial charge in [0, 0.05) is 40.2 Å². The van der Waals surface area contributed by atoms with Crippen LogP contribution < -0.4 is 14.8 Å². The number of ketones is 1. The van der Waals surface area contributed by atoms with Gasteiger partial charge in [-0.15, -0.1) is 0 Å². The number of nitrogens with one attached hydrogen (secondary N) is 1. The maximum Gasteiger partial charge on any atom is 0.315 e. The second-order valence-electron chi connectivity index (χ2n) is 8.40. The van der Waals surface area contributed by atoms with E-state index in [1.165, 1.54) is 0 Å². The zero-order valence-corrected chi connectivity index (χ0v) is 19.7. The van der Waals surface area contributed by atoms with E-state index in [9.17, 15) is 9.59 Å². The van der Waals surface area contributed by atoms with Crippen LogP contribution in [0, 0.1) is 5.92 Å². The van der Waals surface area contributed by atoms with Crippen molar-refractivity contribution in [3.05, 3.63) is 81.6 Å². The van der Waals surface area contributed by atoms with Crippen LogP contribution in [0.25, 0.3) is 0 Å². The third-order valence-electron chi connectivity index (χ3n) is 6.35. The van der Waals surface area contributed by atoms with Gasteiger partial charge < -0.3 is 19.5 Å². The highest BCUT2D eigenvalue weighted by Crippen LogP contribution is 2.49. The van der Waals surface area contributed by atoms with Gasteiger partial charge >= 0.3 is 5.97 Å². The Kier molecular flexibility index (Phi) is 5.98. The lowest BCUT2D eigenvalue weighted by Gasteiger charge is -2.38. The van der Waals surface area contributed by atoms with Crippen LogP contribution in [0.15, 0.2) is 70.5 Å². The van der Waals surface area contributed by atoms with Crippen LogP contribution in [0.1, 0.15) is 36.3 Å². The number of hydrogen-bond acceptors (Lipinski definition) is 6. The molecular formula is C26H24BrNO5. The molecule has 0 spiro atoms. The Morgan fingerprint density at radius 2 is 1.91 bits per heavy atom. The minimum atomic E-state index is -0.738. The van der Waals surface area contributed by atoms with Gasteiger partial charge in [-0.3, -0.25) is 9.59 Å². The number of hydrogen-bond donors (Lipinski definition) is 1. The highest BCUT2D eigenvalue weighted by atomic mass is 79.9. The summed E-state index contributed by atoms with van der Waals surface area (Å²) in [7, 11) is 0. The number of ether oxygens (including phenoxy) is 3. The minimum absolute atomic E-state index is 0.0490. The van der Waals surface area contributed by atoms with Gasteiger partial charge in [0.05, 0.1) is 6.61 Å². The Hall–Kier alpha value is -3.06. The Bertz CT molecular complexity index is 1160. The third-order valence-corrected chi connectivity index (χ3v) is 7.03. The third kappa shape index (κ3) is 4.17. The van der Waals surface area contributed by atoms with Gasteiger partial charge in [0.2, 0.25) is 6.79 Å². The first-order chi connectivity index (χ1) is 16.0. The number of Topliss-reactive ketones (excluding diaryl/α,β-unsaturated/α-hetero) is 1. The summed E-state index contributed by atoms with van der Waals surface area (Å²) in [6.45, 7) is 4.54. The van der Waals surface area contributed by atoms with E-state index in [-0.39, 0.29) is 19.2 Å². The highest BCUT2D eigenvalue weighted by molar-refractivity contribution is 9.10. The van der Waals surface area contributed by atoms with Gasteiger partial charge in [0.15, 0.2) is 17.3 Å². The molecule has 2 aromatic carbocycles. The standard InChI is InChI=1S/C26H24BrNO5/c1-15-23(26(30)31-11-10-16-6-3-2-4-7-16)24(25-19(28-15)8-5-9-20(25)29)17-12-21-22(13-18(17)27)33-14-32-21/h2-4,6-7,12-13,23-24,28H,1,5,8-11,14H2. The van der Waals surface area contributed by atoms with Crippen molar-refractivity contribution in [3.8, 4) is 11.5 Å². The number of rotatable bonds is 5. The lowest BCUT2D eigenvalue weighted by Crippen LogP contribution is -2.41. The molecule has 0 amide bonds. The van der Waals surface area contributed by atoms with Gasteiger partial charge in [-0.05, 0) is 36.1 Å². The maximum absolute atomic E-state index is 13.4. The van der Waals surface area contributed by atoms with Gasteiger partial charge in [0.1, 0.15) is 5.92 Å². The zero-order chi connectivity index (χ0) is 22.9. The Labute approximate surface area is 200 Å². The molecule has 2 aromatic rings. The van der Waals surface area contributed by atoms with Crippen molar-refractivity contribution in [2.75, 3.05) is 13.4 Å². The summed E-state index contributed by atoms with van der Waals surface area (Å²) in [6, 6.07) is 13.5. The van der Waals surface area contributed by atoms with Crippen LogP contribution in [0.5, 0.6) is 11.5 Å². The number of benzene rings is 2. The molecule has 2 unspecified atom stereocenters. The molecule has 2 heterocycles. The molecule has 2 atom stereocenters. The van der Waals surface area contributed by atoms with Crippen LogP contribution in [-0.4, -0.2) is 25.2 Å². The molecule has 33 heavy (non-hydrogen) atoms. The topological polar surface area (TPSA) is 73.9 Å². The summed E-state index contributed by atoms with van der Waals surface area (Å²) in [5.74, 6) is -0.382. The van der Waals surface area contributed by atoms with Crippen molar-refractivity contribution in [2.24, 2.45) is 5.92 Å². The number of halogens is 1. The van der Waals surface area contributed by atoms with Gasteiger partial charge in [-0.2, -0.15) is 0 Å². The molecule has 1 aliphatic carbocycles. The molecule has 0 saturated carbocycles. The molecule has 6 nitrogen and oxygen atoms in total. The smallest absolute Gasteiger partial charge is 0.315 e. The largest absolute Gasteiger partial charge is 0.465 e. The second kappa shape index (κ2) is 9.06. The first kappa shape index (κ1) is 21.8. The van der Waals surface area contributed by atoms with E-state index in [4.69, 9.17) is 14.2 Å². The van der Waals surface area contributed by atoms with Crippen molar-refractivity contribution in [3.63, 3.8) is 0 Å². The number of allylic oxidation sites excluding steroid dienone is 2. The minimum Gasteiger partial charge on any atom is -0.465 e. The van der Waals surface area contributed by atoms with Crippen LogP contribution in [0.2, 0.25) is 0 Å². The molecule has 0 radical (unpaired) electrons. The fourth-order valence-corrected chi connectivity index (χ4v) is 5.35. The zero-order valence-electron chi connectivity index (χ0n) is 18.1. The van der Waals surface area contributed by atoms with E-state index in [2.05, 4.69) is 27.8 Å². The van der Waals surface area contributed by atoms with Crippen molar-refractivity contribution >= 4 is 27.7 Å². The van der Waals surface area contributed by atoms with Crippen molar-refractivity contribution in [1.29, 1.82) is 0 Å². The van der Waals surface area contributed by atoms with Crippen LogP contribution in [-0.2, 0) is 20.7 Å².